The van der Waals surface area contributed by atoms with E-state index in [-0.39, 0.29) is 0 Å². The summed E-state index contributed by atoms with van der Waals surface area (Å²) in [5, 5.41) is 3.20. The van der Waals surface area contributed by atoms with Gasteiger partial charge in [-0.2, -0.15) is 0 Å². The summed E-state index contributed by atoms with van der Waals surface area (Å²) >= 11 is 0. The van der Waals surface area contributed by atoms with Crippen LogP contribution in [-0.2, 0) is 4.74 Å². The fourth-order valence-electron chi connectivity index (χ4n) is 1.04. The highest BCUT2D eigenvalue weighted by molar-refractivity contribution is 4.71. The molecular weight excluding hydrogens is 138 g/mol. The van der Waals surface area contributed by atoms with Crippen molar-refractivity contribution in [1.29, 1.82) is 0 Å². The zero-order chi connectivity index (χ0) is 7.94. The van der Waals surface area contributed by atoms with Crippen molar-refractivity contribution in [2.45, 2.75) is 25.4 Å². The van der Waals surface area contributed by atoms with Crippen molar-refractivity contribution in [2.24, 2.45) is 0 Å². The molecule has 0 amide bonds. The molecule has 0 heterocycles. The topological polar surface area (TPSA) is 21.3 Å². The predicted octanol–water partition coefficient (Wildman–Crippen LogP) is 1.33. The molecule has 64 valence electrons. The summed E-state index contributed by atoms with van der Waals surface area (Å²) < 4.78 is 5.53. The molecule has 1 saturated carbocycles. The minimum absolute atomic E-state index is 0.570. The van der Waals surface area contributed by atoms with E-state index in [1.165, 1.54) is 19.3 Å². The van der Waals surface area contributed by atoms with E-state index in [0.717, 1.165) is 19.7 Å². The monoisotopic (exact) mass is 155 g/mol. The van der Waals surface area contributed by atoms with Crippen LogP contribution in [0.5, 0.6) is 0 Å². The average molecular weight is 155 g/mol. The lowest BCUT2D eigenvalue weighted by Crippen LogP contribution is -2.27. The van der Waals surface area contributed by atoms with Crippen LogP contribution in [0.1, 0.15) is 19.3 Å². The standard InChI is InChI=1S/C9H17NO/c1-2-6-10-7-8-11-9-4-3-5-9/h2,9-10H,1,3-8H2. The van der Waals surface area contributed by atoms with E-state index < -0.39 is 0 Å². The molecule has 0 aromatic rings. The van der Waals surface area contributed by atoms with Crippen LogP contribution in [0.2, 0.25) is 0 Å². The first-order valence-electron chi connectivity index (χ1n) is 4.36. The van der Waals surface area contributed by atoms with E-state index in [0.29, 0.717) is 6.10 Å². The molecule has 1 fully saturated rings. The van der Waals surface area contributed by atoms with Crippen LogP contribution in [0, 0.1) is 0 Å². The molecule has 0 aromatic heterocycles. The SMILES string of the molecule is C=CCNCCOC1CCC1. The summed E-state index contributed by atoms with van der Waals surface area (Å²) in [6.07, 6.45) is 6.32. The number of hydrogen-bond donors (Lipinski definition) is 1. The number of nitrogens with one attached hydrogen (secondary N) is 1. The summed E-state index contributed by atoms with van der Waals surface area (Å²) in [5.74, 6) is 0. The lowest BCUT2D eigenvalue weighted by atomic mass is 9.96. The molecule has 1 rings (SSSR count). The fourth-order valence-corrected chi connectivity index (χ4v) is 1.04. The summed E-state index contributed by atoms with van der Waals surface area (Å²) in [6, 6.07) is 0. The molecule has 1 aliphatic carbocycles. The van der Waals surface area contributed by atoms with Crippen molar-refractivity contribution in [2.75, 3.05) is 19.7 Å². The Labute approximate surface area is 68.6 Å². The van der Waals surface area contributed by atoms with Gasteiger partial charge in [0.05, 0.1) is 12.7 Å². The molecule has 2 nitrogen and oxygen atoms in total. The van der Waals surface area contributed by atoms with E-state index in [4.69, 9.17) is 4.74 Å². The van der Waals surface area contributed by atoms with Crippen molar-refractivity contribution < 1.29 is 4.74 Å². The Morgan fingerprint density at radius 1 is 1.55 bits per heavy atom. The largest absolute Gasteiger partial charge is 0.377 e. The van der Waals surface area contributed by atoms with Gasteiger partial charge in [0, 0.05) is 13.1 Å². The van der Waals surface area contributed by atoms with E-state index in [9.17, 15) is 0 Å². The molecule has 1 aliphatic rings. The molecule has 0 aliphatic heterocycles. The minimum Gasteiger partial charge on any atom is -0.377 e. The van der Waals surface area contributed by atoms with Crippen LogP contribution in [0.4, 0.5) is 0 Å². The van der Waals surface area contributed by atoms with Gasteiger partial charge in [0.25, 0.3) is 0 Å². The Bertz CT molecular complexity index is 110. The Morgan fingerprint density at radius 3 is 2.91 bits per heavy atom. The van der Waals surface area contributed by atoms with Crippen molar-refractivity contribution in [3.63, 3.8) is 0 Å². The number of rotatable bonds is 6. The Morgan fingerprint density at radius 2 is 2.36 bits per heavy atom. The second-order valence-electron chi connectivity index (χ2n) is 2.92. The first-order valence-corrected chi connectivity index (χ1v) is 4.36. The van der Waals surface area contributed by atoms with Crippen LogP contribution in [-0.4, -0.2) is 25.8 Å². The van der Waals surface area contributed by atoms with Gasteiger partial charge in [-0.05, 0) is 19.3 Å². The minimum atomic E-state index is 0.570. The Balaban J connectivity index is 1.76. The highest BCUT2D eigenvalue weighted by Crippen LogP contribution is 2.21. The number of ether oxygens (including phenoxy) is 1. The molecule has 0 aromatic carbocycles. The molecule has 0 atom stereocenters. The Hall–Kier alpha value is -0.340. The van der Waals surface area contributed by atoms with Gasteiger partial charge >= 0.3 is 0 Å². The zero-order valence-corrected chi connectivity index (χ0v) is 7.01. The summed E-state index contributed by atoms with van der Waals surface area (Å²) in [7, 11) is 0. The second-order valence-corrected chi connectivity index (χ2v) is 2.92. The van der Waals surface area contributed by atoms with Gasteiger partial charge in [0.15, 0.2) is 0 Å². The van der Waals surface area contributed by atoms with Crippen LogP contribution >= 0.6 is 0 Å². The van der Waals surface area contributed by atoms with Crippen molar-refractivity contribution in [3.05, 3.63) is 12.7 Å². The fraction of sp³-hybridized carbons (Fsp3) is 0.778. The molecule has 2 heteroatoms. The third-order valence-corrected chi connectivity index (χ3v) is 1.97. The van der Waals surface area contributed by atoms with Crippen LogP contribution in [0.15, 0.2) is 12.7 Å². The third kappa shape index (κ3) is 3.54. The Kier molecular flexibility index (Phi) is 4.24. The van der Waals surface area contributed by atoms with Crippen molar-refractivity contribution >= 4 is 0 Å². The zero-order valence-electron chi connectivity index (χ0n) is 7.01. The molecule has 0 saturated heterocycles. The first kappa shape index (κ1) is 8.75. The van der Waals surface area contributed by atoms with Crippen LogP contribution in [0.25, 0.3) is 0 Å². The van der Waals surface area contributed by atoms with Gasteiger partial charge in [-0.15, -0.1) is 6.58 Å². The molecule has 1 N–H and O–H groups in total. The third-order valence-electron chi connectivity index (χ3n) is 1.97. The maximum atomic E-state index is 5.53. The molecular formula is C9H17NO. The predicted molar refractivity (Wildman–Crippen MR) is 46.7 cm³/mol. The molecule has 0 radical (unpaired) electrons. The smallest absolute Gasteiger partial charge is 0.0594 e. The van der Waals surface area contributed by atoms with E-state index in [1.54, 1.807) is 0 Å². The molecule has 0 unspecified atom stereocenters. The lowest BCUT2D eigenvalue weighted by Gasteiger charge is -2.25. The van der Waals surface area contributed by atoms with Crippen LogP contribution in [0.3, 0.4) is 0 Å². The van der Waals surface area contributed by atoms with Gasteiger partial charge in [-0.25, -0.2) is 0 Å². The maximum Gasteiger partial charge on any atom is 0.0594 e. The second kappa shape index (κ2) is 5.33. The molecule has 0 spiro atoms. The maximum absolute atomic E-state index is 5.53. The van der Waals surface area contributed by atoms with E-state index >= 15 is 0 Å². The molecule has 0 bridgehead atoms. The summed E-state index contributed by atoms with van der Waals surface area (Å²) in [4.78, 5) is 0. The average Bonchev–Trinajstić information content (AvgIpc) is 1.93. The van der Waals surface area contributed by atoms with Gasteiger partial charge < -0.3 is 10.1 Å². The van der Waals surface area contributed by atoms with Gasteiger partial charge in [0.1, 0.15) is 0 Å². The summed E-state index contributed by atoms with van der Waals surface area (Å²) in [6.45, 7) is 6.29. The van der Waals surface area contributed by atoms with Gasteiger partial charge in [-0.3, -0.25) is 0 Å². The lowest BCUT2D eigenvalue weighted by molar-refractivity contribution is 0.00456. The quantitative estimate of drug-likeness (QED) is 0.461. The summed E-state index contributed by atoms with van der Waals surface area (Å²) in [5.41, 5.74) is 0. The van der Waals surface area contributed by atoms with Crippen LogP contribution < -0.4 is 5.32 Å². The first-order chi connectivity index (χ1) is 5.43. The highest BCUT2D eigenvalue weighted by atomic mass is 16.5. The van der Waals surface area contributed by atoms with Crippen molar-refractivity contribution in [1.82, 2.24) is 5.32 Å². The van der Waals surface area contributed by atoms with Gasteiger partial charge in [0.2, 0.25) is 0 Å². The molecule has 11 heavy (non-hydrogen) atoms. The van der Waals surface area contributed by atoms with Crippen molar-refractivity contribution in [3.8, 4) is 0 Å². The number of hydrogen-bond acceptors (Lipinski definition) is 2. The highest BCUT2D eigenvalue weighted by Gasteiger charge is 2.16. The van der Waals surface area contributed by atoms with E-state index in [2.05, 4.69) is 11.9 Å². The normalized spacial score (nSPS) is 17.8. The van der Waals surface area contributed by atoms with Gasteiger partial charge in [-0.1, -0.05) is 6.08 Å². The van der Waals surface area contributed by atoms with E-state index in [1.807, 2.05) is 6.08 Å².